The van der Waals surface area contributed by atoms with E-state index in [2.05, 4.69) is 4.18 Å². The summed E-state index contributed by atoms with van der Waals surface area (Å²) in [6, 6.07) is 10.1. The molecule has 0 aliphatic carbocycles. The Morgan fingerprint density at radius 3 is 0.606 bits per heavy atom. The maximum Gasteiger partial charge on any atom is 0.264 e. The van der Waals surface area contributed by atoms with Crippen LogP contribution in [-0.2, 0) is 106 Å². The number of rotatable bonds is 57. The first-order valence-electron chi connectivity index (χ1n) is 22.9. The van der Waals surface area contributed by atoms with Crippen molar-refractivity contribution in [2.24, 2.45) is 0 Å². The van der Waals surface area contributed by atoms with Crippen molar-refractivity contribution in [3.8, 4) is 0 Å². The molecule has 0 unspecified atom stereocenters. The summed E-state index contributed by atoms with van der Waals surface area (Å²) in [6.07, 6.45) is 0.995. The summed E-state index contributed by atoms with van der Waals surface area (Å²) in [5.41, 5.74) is 1.15. The Morgan fingerprint density at radius 2 is 0.424 bits per heavy atom. The molecule has 0 bridgehead atoms. The van der Waals surface area contributed by atoms with E-state index < -0.39 is 10.1 Å². The summed E-state index contributed by atoms with van der Waals surface area (Å²) in [5, 5.41) is 0. The van der Waals surface area contributed by atoms with Crippen molar-refractivity contribution in [1.82, 2.24) is 0 Å². The van der Waals surface area contributed by atoms with Crippen LogP contribution in [0.4, 0.5) is 0 Å². The summed E-state index contributed by atoms with van der Waals surface area (Å²) < 4.78 is 125. The standard InChI is InChI=1S/C44H82O21S/c1-66(45,46)65-42-41-63-38-37-61-34-33-59-30-29-57-26-25-55-22-21-53-18-17-51-14-13-49-10-9-47-7-8-48-11-12-50-15-16-52-19-20-54-23-24-56-27-28-58-31-32-60-35-36-62-39-40-64-43-44-5-3-2-4-6-44/h2-6H,7-43H2,1H3. The normalized spacial score (nSPS) is 11.9. The average Bonchev–Trinajstić information content (AvgIpc) is 3.31. The van der Waals surface area contributed by atoms with Crippen LogP contribution in [0.2, 0.25) is 0 Å². The first kappa shape index (κ1) is 62.4. The predicted octanol–water partition coefficient (Wildman–Crippen LogP) is 1.46. The molecule has 0 saturated heterocycles. The molecule has 390 valence electrons. The zero-order valence-corrected chi connectivity index (χ0v) is 40.3. The van der Waals surface area contributed by atoms with Gasteiger partial charge in [0.15, 0.2) is 0 Å². The number of hydrogen-bond donors (Lipinski definition) is 0. The average molecular weight is 979 g/mol. The molecular weight excluding hydrogens is 897 g/mol. The van der Waals surface area contributed by atoms with E-state index in [4.69, 9.17) is 85.3 Å². The minimum atomic E-state index is -3.43. The highest BCUT2D eigenvalue weighted by Gasteiger charge is 2.01. The van der Waals surface area contributed by atoms with E-state index in [9.17, 15) is 8.42 Å². The van der Waals surface area contributed by atoms with Gasteiger partial charge < -0.3 is 85.3 Å². The Kier molecular flexibility index (Phi) is 49.9. The topological polar surface area (TPSA) is 210 Å². The molecular formula is C44H82O21S. The summed E-state index contributed by atoms with van der Waals surface area (Å²) in [7, 11) is -3.43. The third-order valence-corrected chi connectivity index (χ3v) is 8.56. The molecule has 1 rings (SSSR count). The molecule has 0 aliphatic heterocycles. The summed E-state index contributed by atoms with van der Waals surface area (Å²) in [4.78, 5) is 0. The van der Waals surface area contributed by atoms with Gasteiger partial charge in [-0.25, -0.2) is 0 Å². The monoisotopic (exact) mass is 979 g/mol. The summed E-state index contributed by atoms with van der Waals surface area (Å²) in [6.45, 7) is 17.1. The van der Waals surface area contributed by atoms with Crippen LogP contribution in [0.25, 0.3) is 0 Å². The molecule has 1 aromatic carbocycles. The maximum absolute atomic E-state index is 10.8. The van der Waals surface area contributed by atoms with Crippen LogP contribution in [0, 0.1) is 0 Å². The van der Waals surface area contributed by atoms with Crippen molar-refractivity contribution in [2.45, 2.75) is 6.61 Å². The lowest BCUT2D eigenvalue weighted by Crippen LogP contribution is -2.16. The van der Waals surface area contributed by atoms with Gasteiger partial charge in [0.05, 0.1) is 251 Å². The van der Waals surface area contributed by atoms with Gasteiger partial charge in [-0.05, 0) is 5.56 Å². The molecule has 0 saturated carbocycles. The first-order chi connectivity index (χ1) is 32.6. The van der Waals surface area contributed by atoms with Crippen LogP contribution in [-0.4, -0.2) is 253 Å². The largest absolute Gasteiger partial charge is 0.377 e. The van der Waals surface area contributed by atoms with Crippen LogP contribution >= 0.6 is 0 Å². The van der Waals surface area contributed by atoms with E-state index in [0.717, 1.165) is 11.8 Å². The Balaban J connectivity index is 1.59. The van der Waals surface area contributed by atoms with Crippen molar-refractivity contribution < 1.29 is 97.9 Å². The second-order valence-corrected chi connectivity index (χ2v) is 15.1. The molecule has 0 heterocycles. The molecule has 0 aliphatic rings. The molecule has 66 heavy (non-hydrogen) atoms. The van der Waals surface area contributed by atoms with Crippen LogP contribution in [0.3, 0.4) is 0 Å². The highest BCUT2D eigenvalue weighted by molar-refractivity contribution is 7.85. The van der Waals surface area contributed by atoms with Gasteiger partial charge in [0, 0.05) is 0 Å². The lowest BCUT2D eigenvalue weighted by molar-refractivity contribution is -0.0311. The van der Waals surface area contributed by atoms with E-state index in [1.54, 1.807) is 0 Å². The highest BCUT2D eigenvalue weighted by Crippen LogP contribution is 2.00. The molecule has 0 atom stereocenters. The molecule has 21 nitrogen and oxygen atoms in total. The minimum absolute atomic E-state index is 0.00827. The fraction of sp³-hybridized carbons (Fsp3) is 0.864. The first-order valence-corrected chi connectivity index (χ1v) is 24.7. The maximum atomic E-state index is 10.8. The smallest absolute Gasteiger partial charge is 0.264 e. The second-order valence-electron chi connectivity index (χ2n) is 13.5. The van der Waals surface area contributed by atoms with Crippen LogP contribution in [0.1, 0.15) is 5.56 Å². The summed E-state index contributed by atoms with van der Waals surface area (Å²) in [5.74, 6) is 0. The fourth-order valence-electron chi connectivity index (χ4n) is 4.75. The van der Waals surface area contributed by atoms with E-state index in [0.29, 0.717) is 231 Å². The third-order valence-electron chi connectivity index (χ3n) is 7.96. The Morgan fingerprint density at radius 1 is 0.258 bits per heavy atom. The fourth-order valence-corrected chi connectivity index (χ4v) is 5.12. The molecule has 0 spiro atoms. The Bertz CT molecular complexity index is 1180. The van der Waals surface area contributed by atoms with Crippen molar-refractivity contribution in [1.29, 1.82) is 0 Å². The lowest BCUT2D eigenvalue weighted by atomic mass is 10.2. The van der Waals surface area contributed by atoms with Gasteiger partial charge in [-0.1, -0.05) is 30.3 Å². The van der Waals surface area contributed by atoms with E-state index in [1.807, 2.05) is 30.3 Å². The molecule has 0 fully saturated rings. The molecule has 0 N–H and O–H groups in total. The van der Waals surface area contributed by atoms with E-state index >= 15 is 0 Å². The van der Waals surface area contributed by atoms with Crippen molar-refractivity contribution in [3.05, 3.63) is 35.9 Å². The third kappa shape index (κ3) is 53.4. The quantitative estimate of drug-likeness (QED) is 0.0669. The van der Waals surface area contributed by atoms with Gasteiger partial charge >= 0.3 is 0 Å². The second kappa shape index (κ2) is 52.8. The molecule has 0 aromatic heterocycles. The molecule has 0 radical (unpaired) electrons. The SMILES string of the molecule is CS(=O)(=O)OCCOCCOCCOCCOCCOCCOCCOCCOCCOCCOCCOCCOCCOCCOCCOCCOCCOCCOCc1ccccc1. The zero-order valence-electron chi connectivity index (χ0n) is 39.5. The van der Waals surface area contributed by atoms with Crippen LogP contribution in [0.15, 0.2) is 30.3 Å². The van der Waals surface area contributed by atoms with Gasteiger partial charge in [0.1, 0.15) is 0 Å². The van der Waals surface area contributed by atoms with Crippen molar-refractivity contribution >= 4 is 10.1 Å². The zero-order chi connectivity index (χ0) is 47.2. The van der Waals surface area contributed by atoms with E-state index in [1.165, 1.54) is 0 Å². The molecule has 1 aromatic rings. The van der Waals surface area contributed by atoms with Gasteiger partial charge in [-0.3, -0.25) is 4.18 Å². The molecule has 0 amide bonds. The van der Waals surface area contributed by atoms with Crippen molar-refractivity contribution in [3.63, 3.8) is 0 Å². The van der Waals surface area contributed by atoms with E-state index in [-0.39, 0.29) is 13.2 Å². The lowest BCUT2D eigenvalue weighted by Gasteiger charge is -2.09. The number of ether oxygens (including phenoxy) is 18. The Hall–Kier alpha value is -1.59. The molecule has 22 heteroatoms. The van der Waals surface area contributed by atoms with Gasteiger partial charge in [0.2, 0.25) is 0 Å². The van der Waals surface area contributed by atoms with Crippen LogP contribution < -0.4 is 0 Å². The number of benzene rings is 1. The van der Waals surface area contributed by atoms with Crippen molar-refractivity contribution in [2.75, 3.05) is 244 Å². The predicted molar refractivity (Wildman–Crippen MR) is 241 cm³/mol. The van der Waals surface area contributed by atoms with Crippen LogP contribution in [0.5, 0.6) is 0 Å². The van der Waals surface area contributed by atoms with Gasteiger partial charge in [-0.2, -0.15) is 8.42 Å². The van der Waals surface area contributed by atoms with Gasteiger partial charge in [0.25, 0.3) is 10.1 Å². The number of hydrogen-bond acceptors (Lipinski definition) is 21. The minimum Gasteiger partial charge on any atom is -0.377 e. The Labute approximate surface area is 393 Å². The summed E-state index contributed by atoms with van der Waals surface area (Å²) >= 11 is 0. The highest BCUT2D eigenvalue weighted by atomic mass is 32.2. The van der Waals surface area contributed by atoms with Gasteiger partial charge in [-0.15, -0.1) is 0 Å².